The third kappa shape index (κ3) is 3.82. The number of para-hydroxylation sites is 1. The van der Waals surface area contributed by atoms with Crippen LogP contribution in [0.3, 0.4) is 0 Å². The molecule has 0 bridgehead atoms. The molecule has 5 rings (SSSR count). The summed E-state index contributed by atoms with van der Waals surface area (Å²) >= 11 is 0. The van der Waals surface area contributed by atoms with E-state index < -0.39 is 0 Å². The quantitative estimate of drug-likeness (QED) is 0.461. The van der Waals surface area contributed by atoms with Crippen LogP contribution in [0.15, 0.2) is 53.1 Å². The summed E-state index contributed by atoms with van der Waals surface area (Å²) in [4.78, 5) is 19.2. The third-order valence-corrected chi connectivity index (χ3v) is 5.54. The van der Waals surface area contributed by atoms with Crippen LogP contribution in [0.25, 0.3) is 22.3 Å². The van der Waals surface area contributed by atoms with Crippen molar-refractivity contribution in [1.29, 1.82) is 0 Å². The summed E-state index contributed by atoms with van der Waals surface area (Å²) in [5.74, 6) is 1.60. The zero-order valence-corrected chi connectivity index (χ0v) is 17.9. The molecule has 2 aromatic heterocycles. The van der Waals surface area contributed by atoms with E-state index in [9.17, 15) is 4.79 Å². The molecule has 32 heavy (non-hydrogen) atoms. The molecule has 0 saturated carbocycles. The van der Waals surface area contributed by atoms with E-state index >= 15 is 0 Å². The van der Waals surface area contributed by atoms with Crippen molar-refractivity contribution in [3.8, 4) is 17.1 Å². The van der Waals surface area contributed by atoms with Crippen LogP contribution >= 0.6 is 0 Å². The molecule has 1 unspecified atom stereocenters. The summed E-state index contributed by atoms with van der Waals surface area (Å²) in [6.07, 6.45) is 0.696. The van der Waals surface area contributed by atoms with Gasteiger partial charge in [0.25, 0.3) is 11.8 Å². The number of amides is 1. The molecule has 3 heterocycles. The number of rotatable bonds is 6. The second-order valence-electron chi connectivity index (χ2n) is 7.74. The molecular weight excluding hydrogens is 410 g/mol. The highest BCUT2D eigenvalue weighted by atomic mass is 16.5. The molecular formula is C23H23N5O4. The second-order valence-corrected chi connectivity index (χ2v) is 7.74. The third-order valence-electron chi connectivity index (χ3n) is 5.54. The maximum absolute atomic E-state index is 13.1. The van der Waals surface area contributed by atoms with E-state index in [-0.39, 0.29) is 18.6 Å². The summed E-state index contributed by atoms with van der Waals surface area (Å²) in [5.41, 5.74) is 2.26. The van der Waals surface area contributed by atoms with Crippen LogP contribution in [0.4, 0.5) is 0 Å². The minimum atomic E-state index is -0.0711. The standard InChI is InChI=1S/C23H23N5O4/c1-27-19-6-4-3-5-18(19)21(25-27)23(29)28-12-11-17(13-28)31-16-9-7-15(8-10-16)22-24-20(14-30-2)32-26-22/h3-10,17H,11-14H2,1-2H3. The van der Waals surface area contributed by atoms with Gasteiger partial charge in [0.1, 0.15) is 18.5 Å². The zero-order valence-electron chi connectivity index (χ0n) is 17.9. The molecule has 1 atom stereocenters. The summed E-state index contributed by atoms with van der Waals surface area (Å²) in [7, 11) is 3.43. The number of aromatic nitrogens is 4. The van der Waals surface area contributed by atoms with Gasteiger partial charge in [-0.05, 0) is 30.3 Å². The van der Waals surface area contributed by atoms with Crippen LogP contribution < -0.4 is 4.74 Å². The molecule has 0 radical (unpaired) electrons. The minimum Gasteiger partial charge on any atom is -0.489 e. The fourth-order valence-electron chi connectivity index (χ4n) is 3.96. The molecule has 1 aliphatic heterocycles. The van der Waals surface area contributed by atoms with Gasteiger partial charge in [-0.15, -0.1) is 0 Å². The fraction of sp³-hybridized carbons (Fsp3) is 0.304. The molecule has 1 aliphatic rings. The average molecular weight is 433 g/mol. The van der Waals surface area contributed by atoms with Crippen LogP contribution in [0.1, 0.15) is 22.8 Å². The van der Waals surface area contributed by atoms with Gasteiger partial charge >= 0.3 is 0 Å². The first kappa shape index (κ1) is 20.2. The van der Waals surface area contributed by atoms with Gasteiger partial charge in [0.15, 0.2) is 5.69 Å². The van der Waals surface area contributed by atoms with Crippen molar-refractivity contribution < 1.29 is 18.8 Å². The Kier molecular flexibility index (Phi) is 5.32. The van der Waals surface area contributed by atoms with Gasteiger partial charge in [-0.3, -0.25) is 9.48 Å². The first-order valence-electron chi connectivity index (χ1n) is 10.4. The van der Waals surface area contributed by atoms with Crippen molar-refractivity contribution in [3.63, 3.8) is 0 Å². The summed E-state index contributed by atoms with van der Waals surface area (Å²) in [6, 6.07) is 15.3. The van der Waals surface area contributed by atoms with Crippen molar-refractivity contribution in [3.05, 3.63) is 60.1 Å². The van der Waals surface area contributed by atoms with Crippen LogP contribution in [0, 0.1) is 0 Å². The number of likely N-dealkylation sites (tertiary alicyclic amines) is 1. The first-order valence-corrected chi connectivity index (χ1v) is 10.4. The lowest BCUT2D eigenvalue weighted by atomic mass is 10.2. The van der Waals surface area contributed by atoms with Gasteiger partial charge in [0.05, 0.1) is 12.1 Å². The van der Waals surface area contributed by atoms with Crippen LogP contribution in [0.2, 0.25) is 0 Å². The van der Waals surface area contributed by atoms with E-state index in [0.29, 0.717) is 30.5 Å². The monoisotopic (exact) mass is 433 g/mol. The Hall–Kier alpha value is -3.72. The predicted octanol–water partition coefficient (Wildman–Crippen LogP) is 3.06. The van der Waals surface area contributed by atoms with Gasteiger partial charge in [-0.25, -0.2) is 0 Å². The maximum Gasteiger partial charge on any atom is 0.275 e. The number of benzene rings is 2. The van der Waals surface area contributed by atoms with Crippen molar-refractivity contribution in [2.45, 2.75) is 19.1 Å². The number of ether oxygens (including phenoxy) is 2. The lowest BCUT2D eigenvalue weighted by molar-refractivity contribution is 0.0767. The topological polar surface area (TPSA) is 95.5 Å². The highest BCUT2D eigenvalue weighted by Crippen LogP contribution is 2.25. The number of aryl methyl sites for hydroxylation is 1. The Labute approximate surface area is 184 Å². The Morgan fingerprint density at radius 2 is 2.00 bits per heavy atom. The molecule has 2 aromatic carbocycles. The van der Waals surface area contributed by atoms with Crippen molar-refractivity contribution >= 4 is 16.8 Å². The van der Waals surface area contributed by atoms with Crippen LogP contribution in [-0.2, 0) is 18.4 Å². The zero-order chi connectivity index (χ0) is 22.1. The van der Waals surface area contributed by atoms with Gasteiger partial charge in [-0.1, -0.05) is 23.4 Å². The normalized spacial score (nSPS) is 16.1. The van der Waals surface area contributed by atoms with E-state index in [0.717, 1.165) is 28.6 Å². The Bertz CT molecular complexity index is 1250. The van der Waals surface area contributed by atoms with Gasteiger partial charge in [-0.2, -0.15) is 10.1 Å². The summed E-state index contributed by atoms with van der Waals surface area (Å²) < 4.78 is 18.0. The molecule has 9 nitrogen and oxygen atoms in total. The summed E-state index contributed by atoms with van der Waals surface area (Å²) in [6.45, 7) is 1.44. The Morgan fingerprint density at radius 1 is 1.19 bits per heavy atom. The number of methoxy groups -OCH3 is 1. The summed E-state index contributed by atoms with van der Waals surface area (Å²) in [5, 5.41) is 9.28. The average Bonchev–Trinajstić information content (AvgIpc) is 3.54. The largest absolute Gasteiger partial charge is 0.489 e. The SMILES string of the molecule is COCc1nc(-c2ccc(OC3CCN(C(=O)c4nn(C)c5ccccc45)C3)cc2)no1. The van der Waals surface area contributed by atoms with Gasteiger partial charge in [0, 0.05) is 38.1 Å². The molecule has 0 N–H and O–H groups in total. The molecule has 1 amide bonds. The number of carbonyl (C=O) groups is 1. The van der Waals surface area contributed by atoms with E-state index in [1.165, 1.54) is 0 Å². The maximum atomic E-state index is 13.1. The van der Waals surface area contributed by atoms with E-state index in [1.54, 1.807) is 11.8 Å². The van der Waals surface area contributed by atoms with Crippen molar-refractivity contribution in [2.75, 3.05) is 20.2 Å². The minimum absolute atomic E-state index is 0.0628. The first-order chi connectivity index (χ1) is 15.6. The number of nitrogens with zero attached hydrogens (tertiary/aromatic N) is 5. The van der Waals surface area contributed by atoms with E-state index in [4.69, 9.17) is 14.0 Å². The number of hydrogen-bond donors (Lipinski definition) is 0. The predicted molar refractivity (Wildman–Crippen MR) is 116 cm³/mol. The smallest absolute Gasteiger partial charge is 0.275 e. The van der Waals surface area contributed by atoms with Crippen LogP contribution in [-0.4, -0.2) is 57.0 Å². The molecule has 1 saturated heterocycles. The fourth-order valence-corrected chi connectivity index (χ4v) is 3.96. The molecule has 9 heteroatoms. The van der Waals surface area contributed by atoms with Crippen molar-refractivity contribution in [2.24, 2.45) is 7.05 Å². The van der Waals surface area contributed by atoms with E-state index in [2.05, 4.69) is 15.2 Å². The highest BCUT2D eigenvalue weighted by molar-refractivity contribution is 6.04. The van der Waals surface area contributed by atoms with Crippen molar-refractivity contribution in [1.82, 2.24) is 24.8 Å². The Morgan fingerprint density at radius 3 is 2.81 bits per heavy atom. The molecule has 0 aliphatic carbocycles. The van der Waals surface area contributed by atoms with Gasteiger partial charge in [0.2, 0.25) is 5.82 Å². The van der Waals surface area contributed by atoms with Gasteiger partial charge < -0.3 is 18.9 Å². The highest BCUT2D eigenvalue weighted by Gasteiger charge is 2.30. The lowest BCUT2D eigenvalue weighted by Crippen LogP contribution is -2.31. The van der Waals surface area contributed by atoms with Crippen LogP contribution in [0.5, 0.6) is 5.75 Å². The second kappa shape index (κ2) is 8.43. The molecule has 4 aromatic rings. The molecule has 1 fully saturated rings. The molecule has 0 spiro atoms. The number of carbonyl (C=O) groups excluding carboxylic acids is 1. The lowest BCUT2D eigenvalue weighted by Gasteiger charge is -2.16. The Balaban J connectivity index is 1.23. The molecule has 164 valence electrons. The number of fused-ring (bicyclic) bond motifs is 1. The van der Waals surface area contributed by atoms with E-state index in [1.807, 2.05) is 60.5 Å². The number of hydrogen-bond acceptors (Lipinski definition) is 7.